The molecule has 1 aromatic carbocycles. The van der Waals surface area contributed by atoms with Gasteiger partial charge in [0.1, 0.15) is 0 Å². The van der Waals surface area contributed by atoms with Crippen molar-refractivity contribution >= 4 is 22.4 Å². The number of amides is 1. The van der Waals surface area contributed by atoms with Crippen molar-refractivity contribution < 1.29 is 4.79 Å². The van der Waals surface area contributed by atoms with Crippen molar-refractivity contribution in [3.05, 3.63) is 59.0 Å². The highest BCUT2D eigenvalue weighted by molar-refractivity contribution is 7.14. The van der Waals surface area contributed by atoms with Crippen LogP contribution in [0.4, 0.5) is 5.13 Å². The van der Waals surface area contributed by atoms with Crippen LogP contribution < -0.4 is 5.32 Å². The molecule has 2 rings (SSSR count). The van der Waals surface area contributed by atoms with Gasteiger partial charge in [-0.15, -0.1) is 11.3 Å². The average Bonchev–Trinajstić information content (AvgIpc) is 2.90. The molecule has 0 aliphatic carbocycles. The minimum atomic E-state index is -0.171. The predicted octanol–water partition coefficient (Wildman–Crippen LogP) is 4.50. The van der Waals surface area contributed by atoms with E-state index in [0.29, 0.717) is 5.13 Å². The van der Waals surface area contributed by atoms with Crippen molar-refractivity contribution in [3.8, 4) is 11.3 Å². The molecule has 1 amide bonds. The van der Waals surface area contributed by atoms with Gasteiger partial charge in [-0.25, -0.2) is 4.98 Å². The summed E-state index contributed by atoms with van der Waals surface area (Å²) in [5.74, 6) is -0.171. The Kier molecular flexibility index (Phi) is 5.06. The summed E-state index contributed by atoms with van der Waals surface area (Å²) in [7, 11) is 0. The van der Waals surface area contributed by atoms with Crippen LogP contribution in [0.3, 0.4) is 0 Å². The van der Waals surface area contributed by atoms with Crippen LogP contribution in [0.15, 0.2) is 47.9 Å². The van der Waals surface area contributed by atoms with Gasteiger partial charge in [-0.1, -0.05) is 35.9 Å². The minimum absolute atomic E-state index is 0.171. The van der Waals surface area contributed by atoms with E-state index in [1.165, 1.54) is 28.5 Å². The zero-order chi connectivity index (χ0) is 15.2. The number of thiazole rings is 1. The molecule has 1 aromatic heterocycles. The highest BCUT2D eigenvalue weighted by Crippen LogP contribution is 2.28. The second-order valence-corrected chi connectivity index (χ2v) is 5.59. The molecule has 0 aliphatic heterocycles. The maximum Gasteiger partial charge on any atom is 0.250 e. The normalized spacial score (nSPS) is 11.4. The fourth-order valence-electron chi connectivity index (χ4n) is 1.87. The predicted molar refractivity (Wildman–Crippen MR) is 89.6 cm³/mol. The fraction of sp³-hybridized carbons (Fsp3) is 0.176. The SMILES string of the molecule is C/C=C/C=C/C(=O)Nc1nc(-c2cc(C)ccc2C)cs1. The van der Waals surface area contributed by atoms with Gasteiger partial charge in [-0.3, -0.25) is 10.1 Å². The van der Waals surface area contributed by atoms with Crippen molar-refractivity contribution in [2.45, 2.75) is 20.8 Å². The Morgan fingerprint density at radius 1 is 1.29 bits per heavy atom. The average molecular weight is 298 g/mol. The number of anilines is 1. The number of aromatic nitrogens is 1. The van der Waals surface area contributed by atoms with Gasteiger partial charge in [0.15, 0.2) is 5.13 Å². The number of carbonyl (C=O) groups is 1. The zero-order valence-electron chi connectivity index (χ0n) is 12.4. The van der Waals surface area contributed by atoms with Crippen molar-refractivity contribution in [2.24, 2.45) is 0 Å². The number of aryl methyl sites for hydroxylation is 2. The molecule has 0 spiro atoms. The quantitative estimate of drug-likeness (QED) is 0.667. The number of nitrogens with one attached hydrogen (secondary N) is 1. The number of carbonyl (C=O) groups excluding carboxylic acids is 1. The third-order valence-corrected chi connectivity index (χ3v) is 3.71. The van der Waals surface area contributed by atoms with E-state index in [1.54, 1.807) is 6.08 Å². The third-order valence-electron chi connectivity index (χ3n) is 2.95. The topological polar surface area (TPSA) is 42.0 Å². The lowest BCUT2D eigenvalue weighted by atomic mass is 10.0. The van der Waals surface area contributed by atoms with E-state index >= 15 is 0 Å². The lowest BCUT2D eigenvalue weighted by molar-refractivity contribution is -0.111. The molecule has 0 unspecified atom stereocenters. The monoisotopic (exact) mass is 298 g/mol. The van der Waals surface area contributed by atoms with Gasteiger partial charge in [0, 0.05) is 17.0 Å². The van der Waals surface area contributed by atoms with Crippen LogP contribution in [0, 0.1) is 13.8 Å². The van der Waals surface area contributed by atoms with E-state index in [9.17, 15) is 4.79 Å². The van der Waals surface area contributed by atoms with E-state index in [2.05, 4.69) is 42.3 Å². The summed E-state index contributed by atoms with van der Waals surface area (Å²) in [4.78, 5) is 16.2. The first-order valence-electron chi connectivity index (χ1n) is 6.73. The summed E-state index contributed by atoms with van der Waals surface area (Å²) in [5, 5.41) is 5.35. The molecule has 0 bridgehead atoms. The molecular formula is C17H18N2OS. The first kappa shape index (κ1) is 15.2. The first-order chi connectivity index (χ1) is 10.1. The lowest BCUT2D eigenvalue weighted by Gasteiger charge is -2.03. The van der Waals surface area contributed by atoms with Crippen LogP contribution in [0.5, 0.6) is 0 Å². The summed E-state index contributed by atoms with van der Waals surface area (Å²) >= 11 is 1.43. The highest BCUT2D eigenvalue weighted by Gasteiger charge is 2.08. The molecular weight excluding hydrogens is 280 g/mol. The molecule has 0 radical (unpaired) electrons. The fourth-order valence-corrected chi connectivity index (χ4v) is 2.58. The van der Waals surface area contributed by atoms with E-state index in [-0.39, 0.29) is 5.91 Å². The second-order valence-electron chi connectivity index (χ2n) is 4.73. The number of nitrogens with zero attached hydrogens (tertiary/aromatic N) is 1. The molecule has 0 saturated carbocycles. The summed E-state index contributed by atoms with van der Waals surface area (Å²) in [6.45, 7) is 6.02. The number of benzene rings is 1. The first-order valence-corrected chi connectivity index (χ1v) is 7.61. The molecule has 2 aromatic rings. The molecule has 1 heterocycles. The maximum atomic E-state index is 11.7. The Morgan fingerprint density at radius 3 is 2.86 bits per heavy atom. The van der Waals surface area contributed by atoms with Crippen LogP contribution >= 0.6 is 11.3 Å². The maximum absolute atomic E-state index is 11.7. The van der Waals surface area contributed by atoms with Gasteiger partial charge in [0.2, 0.25) is 5.91 Å². The zero-order valence-corrected chi connectivity index (χ0v) is 13.2. The number of hydrogen-bond donors (Lipinski definition) is 1. The van der Waals surface area contributed by atoms with Gasteiger partial charge in [-0.05, 0) is 32.4 Å². The molecule has 0 aliphatic rings. The number of hydrogen-bond acceptors (Lipinski definition) is 3. The van der Waals surface area contributed by atoms with Crippen LogP contribution in [-0.4, -0.2) is 10.9 Å². The molecule has 0 saturated heterocycles. The molecule has 108 valence electrons. The van der Waals surface area contributed by atoms with Crippen LogP contribution in [-0.2, 0) is 4.79 Å². The van der Waals surface area contributed by atoms with Crippen molar-refractivity contribution in [3.63, 3.8) is 0 Å². The number of rotatable bonds is 4. The van der Waals surface area contributed by atoms with Crippen molar-refractivity contribution in [1.82, 2.24) is 4.98 Å². The standard InChI is InChI=1S/C17H18N2OS/c1-4-5-6-7-16(20)19-17-18-15(11-21-17)14-10-12(2)8-9-13(14)3/h4-11H,1-3H3,(H,18,19,20)/b5-4+,7-6+. The van der Waals surface area contributed by atoms with E-state index < -0.39 is 0 Å². The Bertz CT molecular complexity index is 699. The van der Waals surface area contributed by atoms with Gasteiger partial charge in [0.05, 0.1) is 5.69 Å². The second kappa shape index (κ2) is 6.99. The Morgan fingerprint density at radius 2 is 2.10 bits per heavy atom. The summed E-state index contributed by atoms with van der Waals surface area (Å²) in [6.07, 6.45) is 6.86. The molecule has 1 N–H and O–H groups in total. The summed E-state index contributed by atoms with van der Waals surface area (Å²) in [5.41, 5.74) is 4.38. The third kappa shape index (κ3) is 4.13. The smallest absolute Gasteiger partial charge is 0.250 e. The van der Waals surface area contributed by atoms with Gasteiger partial charge in [-0.2, -0.15) is 0 Å². The van der Waals surface area contributed by atoms with Crippen molar-refractivity contribution in [1.29, 1.82) is 0 Å². The Hall–Kier alpha value is -2.20. The molecule has 0 atom stereocenters. The van der Waals surface area contributed by atoms with Gasteiger partial charge in [0.25, 0.3) is 0 Å². The largest absolute Gasteiger partial charge is 0.298 e. The van der Waals surface area contributed by atoms with Gasteiger partial charge >= 0.3 is 0 Å². The van der Waals surface area contributed by atoms with Gasteiger partial charge < -0.3 is 0 Å². The van der Waals surface area contributed by atoms with E-state index in [1.807, 2.05) is 24.5 Å². The minimum Gasteiger partial charge on any atom is -0.298 e. The Balaban J connectivity index is 2.15. The Labute approximate surface area is 129 Å². The molecule has 4 heteroatoms. The van der Waals surface area contributed by atoms with Crippen LogP contribution in [0.1, 0.15) is 18.1 Å². The molecule has 21 heavy (non-hydrogen) atoms. The summed E-state index contributed by atoms with van der Waals surface area (Å²) in [6, 6.07) is 6.28. The van der Waals surface area contributed by atoms with E-state index in [4.69, 9.17) is 0 Å². The summed E-state index contributed by atoms with van der Waals surface area (Å²) < 4.78 is 0. The van der Waals surface area contributed by atoms with Crippen molar-refractivity contribution in [2.75, 3.05) is 5.32 Å². The molecule has 3 nitrogen and oxygen atoms in total. The number of allylic oxidation sites excluding steroid dienone is 3. The van der Waals surface area contributed by atoms with Crippen LogP contribution in [0.2, 0.25) is 0 Å². The van der Waals surface area contributed by atoms with Crippen LogP contribution in [0.25, 0.3) is 11.3 Å². The molecule has 0 fully saturated rings. The highest BCUT2D eigenvalue weighted by atomic mass is 32.1. The lowest BCUT2D eigenvalue weighted by Crippen LogP contribution is -2.07. The van der Waals surface area contributed by atoms with E-state index in [0.717, 1.165) is 11.3 Å².